The number of hydrogen-bond donors (Lipinski definition) is 2. The summed E-state index contributed by atoms with van der Waals surface area (Å²) in [6, 6.07) is 7.07. The van der Waals surface area contributed by atoms with E-state index in [0.717, 1.165) is 38.5 Å². The number of benzene rings is 1. The van der Waals surface area contributed by atoms with Gasteiger partial charge in [0.25, 0.3) is 0 Å². The van der Waals surface area contributed by atoms with E-state index >= 15 is 0 Å². The topological polar surface area (TPSA) is 83.0 Å². The Morgan fingerprint density at radius 3 is 2.41 bits per heavy atom. The molecule has 1 aliphatic heterocycles. The standard InChI is InChI=1S/C20H34N4O3S.HI/c1-6-27-17-11-13-24(14-12-17)19(21-5)22-15-16-9-7-8-10-18(16)28(25,26)23-20(2,3)4;/h7-10,17,23H,6,11-15H2,1-5H3,(H,21,22);1H. The van der Waals surface area contributed by atoms with Crippen LogP contribution in [-0.2, 0) is 21.3 Å². The Balaban J connectivity index is 0.00000420. The largest absolute Gasteiger partial charge is 0.378 e. The molecule has 0 radical (unpaired) electrons. The van der Waals surface area contributed by atoms with E-state index < -0.39 is 15.6 Å². The molecule has 0 saturated carbocycles. The molecule has 7 nitrogen and oxygen atoms in total. The minimum Gasteiger partial charge on any atom is -0.378 e. The van der Waals surface area contributed by atoms with E-state index in [2.05, 4.69) is 19.9 Å². The Labute approximate surface area is 192 Å². The number of hydrogen-bond acceptors (Lipinski definition) is 4. The second kappa shape index (κ2) is 11.5. The molecule has 0 unspecified atom stereocenters. The lowest BCUT2D eigenvalue weighted by Crippen LogP contribution is -2.47. The zero-order chi connectivity index (χ0) is 20.8. The van der Waals surface area contributed by atoms with Crippen molar-refractivity contribution in [1.29, 1.82) is 0 Å². The van der Waals surface area contributed by atoms with Gasteiger partial charge in [-0.15, -0.1) is 24.0 Å². The number of guanidine groups is 1. The zero-order valence-corrected chi connectivity index (χ0v) is 21.2. The smallest absolute Gasteiger partial charge is 0.241 e. The zero-order valence-electron chi connectivity index (χ0n) is 18.1. The quantitative estimate of drug-likeness (QED) is 0.331. The van der Waals surface area contributed by atoms with Gasteiger partial charge in [-0.25, -0.2) is 13.1 Å². The highest BCUT2D eigenvalue weighted by molar-refractivity contribution is 14.0. The number of nitrogens with zero attached hydrogens (tertiary/aromatic N) is 2. The van der Waals surface area contributed by atoms with Gasteiger partial charge in [0.2, 0.25) is 10.0 Å². The van der Waals surface area contributed by atoms with Gasteiger partial charge >= 0.3 is 0 Å². The predicted molar refractivity (Wildman–Crippen MR) is 128 cm³/mol. The van der Waals surface area contributed by atoms with Crippen molar-refractivity contribution >= 4 is 40.0 Å². The first-order valence-corrected chi connectivity index (χ1v) is 11.3. The van der Waals surface area contributed by atoms with Crippen molar-refractivity contribution in [2.75, 3.05) is 26.7 Å². The van der Waals surface area contributed by atoms with Crippen LogP contribution in [0.5, 0.6) is 0 Å². The highest BCUT2D eigenvalue weighted by atomic mass is 127. The van der Waals surface area contributed by atoms with E-state index in [1.165, 1.54) is 0 Å². The SMILES string of the molecule is CCOC1CCN(C(=NC)NCc2ccccc2S(=O)(=O)NC(C)(C)C)CC1.I. The Bertz CT molecular complexity index is 770. The molecule has 0 atom stereocenters. The van der Waals surface area contributed by atoms with Crippen LogP contribution in [0.2, 0.25) is 0 Å². The third kappa shape index (κ3) is 8.03. The first kappa shape index (κ1) is 26.1. The molecular weight excluding hydrogens is 503 g/mol. The summed E-state index contributed by atoms with van der Waals surface area (Å²) in [6.07, 6.45) is 2.25. The molecule has 9 heteroatoms. The molecule has 2 rings (SSSR count). The maximum absolute atomic E-state index is 12.8. The van der Waals surface area contributed by atoms with Crippen molar-refractivity contribution in [2.24, 2.45) is 4.99 Å². The van der Waals surface area contributed by atoms with Crippen LogP contribution < -0.4 is 10.0 Å². The minimum atomic E-state index is -3.60. The van der Waals surface area contributed by atoms with Gasteiger partial charge in [-0.2, -0.15) is 0 Å². The van der Waals surface area contributed by atoms with Crippen molar-refractivity contribution in [3.8, 4) is 0 Å². The van der Waals surface area contributed by atoms with Crippen molar-refractivity contribution in [1.82, 2.24) is 14.9 Å². The summed E-state index contributed by atoms with van der Waals surface area (Å²) >= 11 is 0. The molecular formula is C20H35IN4O3S. The van der Waals surface area contributed by atoms with Gasteiger partial charge in [-0.05, 0) is 52.2 Å². The molecule has 0 spiro atoms. The van der Waals surface area contributed by atoms with E-state index in [4.69, 9.17) is 4.74 Å². The number of sulfonamides is 1. The van der Waals surface area contributed by atoms with Crippen LogP contribution >= 0.6 is 24.0 Å². The average Bonchev–Trinajstić information content (AvgIpc) is 2.62. The second-order valence-corrected chi connectivity index (χ2v) is 9.66. The number of aliphatic imine (C=N–C) groups is 1. The second-order valence-electron chi connectivity index (χ2n) is 8.01. The Morgan fingerprint density at radius 1 is 1.24 bits per heavy atom. The van der Waals surface area contributed by atoms with E-state index in [0.29, 0.717) is 23.1 Å². The van der Waals surface area contributed by atoms with Gasteiger partial charge in [0, 0.05) is 38.8 Å². The molecule has 1 heterocycles. The predicted octanol–water partition coefficient (Wildman–Crippen LogP) is 2.96. The third-order valence-corrected chi connectivity index (χ3v) is 6.35. The lowest BCUT2D eigenvalue weighted by atomic mass is 10.1. The fourth-order valence-electron chi connectivity index (χ4n) is 3.35. The Kier molecular flexibility index (Phi) is 10.3. The van der Waals surface area contributed by atoms with Crippen LogP contribution in [0.4, 0.5) is 0 Å². The molecule has 1 aromatic rings. The highest BCUT2D eigenvalue weighted by Crippen LogP contribution is 2.18. The summed E-state index contributed by atoms with van der Waals surface area (Å²) in [7, 11) is -1.85. The van der Waals surface area contributed by atoms with Gasteiger partial charge < -0.3 is 15.0 Å². The van der Waals surface area contributed by atoms with Crippen LogP contribution in [-0.4, -0.2) is 57.7 Å². The first-order chi connectivity index (χ1) is 13.2. The number of rotatable bonds is 6. The van der Waals surface area contributed by atoms with Crippen molar-refractivity contribution in [2.45, 2.75) is 63.6 Å². The van der Waals surface area contributed by atoms with Crippen LogP contribution in [0.1, 0.15) is 46.1 Å². The first-order valence-electron chi connectivity index (χ1n) is 9.85. The van der Waals surface area contributed by atoms with Crippen LogP contribution in [0.3, 0.4) is 0 Å². The molecule has 1 saturated heterocycles. The van der Waals surface area contributed by atoms with Crippen molar-refractivity contribution < 1.29 is 13.2 Å². The van der Waals surface area contributed by atoms with Crippen LogP contribution in [0.25, 0.3) is 0 Å². The van der Waals surface area contributed by atoms with Gasteiger partial charge in [-0.1, -0.05) is 18.2 Å². The highest BCUT2D eigenvalue weighted by Gasteiger charge is 2.25. The lowest BCUT2D eigenvalue weighted by molar-refractivity contribution is 0.0263. The summed E-state index contributed by atoms with van der Waals surface area (Å²) in [5, 5.41) is 3.32. The van der Waals surface area contributed by atoms with E-state index in [1.807, 2.05) is 39.8 Å². The van der Waals surface area contributed by atoms with Crippen LogP contribution in [0.15, 0.2) is 34.2 Å². The van der Waals surface area contributed by atoms with Crippen LogP contribution in [0, 0.1) is 0 Å². The molecule has 2 N–H and O–H groups in total. The number of piperidine rings is 1. The fourth-order valence-corrected chi connectivity index (χ4v) is 5.01. The summed E-state index contributed by atoms with van der Waals surface area (Å²) in [5.74, 6) is 0.783. The molecule has 0 bridgehead atoms. The summed E-state index contributed by atoms with van der Waals surface area (Å²) in [4.78, 5) is 6.86. The summed E-state index contributed by atoms with van der Waals surface area (Å²) in [6.45, 7) is 10.4. The Hall–Kier alpha value is -0.910. The summed E-state index contributed by atoms with van der Waals surface area (Å²) in [5.41, 5.74) is 0.171. The maximum atomic E-state index is 12.8. The maximum Gasteiger partial charge on any atom is 0.241 e. The van der Waals surface area contributed by atoms with Gasteiger partial charge in [0.1, 0.15) is 0 Å². The molecule has 0 aromatic heterocycles. The van der Waals surface area contributed by atoms with Gasteiger partial charge in [0.05, 0.1) is 11.0 Å². The molecule has 166 valence electrons. The van der Waals surface area contributed by atoms with Gasteiger partial charge in [0.15, 0.2) is 5.96 Å². The summed E-state index contributed by atoms with van der Waals surface area (Å²) < 4.78 is 34.0. The molecule has 1 fully saturated rings. The average molecular weight is 538 g/mol. The molecule has 0 aliphatic carbocycles. The Morgan fingerprint density at radius 2 is 1.86 bits per heavy atom. The van der Waals surface area contributed by atoms with E-state index in [9.17, 15) is 8.42 Å². The van der Waals surface area contributed by atoms with E-state index in [-0.39, 0.29) is 24.0 Å². The molecule has 29 heavy (non-hydrogen) atoms. The lowest BCUT2D eigenvalue weighted by Gasteiger charge is -2.34. The van der Waals surface area contributed by atoms with Crippen molar-refractivity contribution in [3.63, 3.8) is 0 Å². The fraction of sp³-hybridized carbons (Fsp3) is 0.650. The number of halogens is 1. The number of likely N-dealkylation sites (tertiary alicyclic amines) is 1. The minimum absolute atomic E-state index is 0. The molecule has 1 aromatic carbocycles. The number of ether oxygens (including phenoxy) is 1. The third-order valence-electron chi connectivity index (χ3n) is 4.50. The van der Waals surface area contributed by atoms with Crippen molar-refractivity contribution in [3.05, 3.63) is 29.8 Å². The van der Waals surface area contributed by atoms with Gasteiger partial charge in [-0.3, -0.25) is 4.99 Å². The molecule has 1 aliphatic rings. The normalized spacial score (nSPS) is 16.4. The van der Waals surface area contributed by atoms with E-state index in [1.54, 1.807) is 19.2 Å². The monoisotopic (exact) mass is 538 g/mol. The molecule has 0 amide bonds. The number of nitrogens with one attached hydrogen (secondary N) is 2.